The Bertz CT molecular complexity index is 773. The van der Waals surface area contributed by atoms with Gasteiger partial charge in [0.2, 0.25) is 5.91 Å². The van der Waals surface area contributed by atoms with Gasteiger partial charge in [-0.1, -0.05) is 0 Å². The molecule has 1 N–H and O–H groups in total. The molecule has 26 heavy (non-hydrogen) atoms. The maximum absolute atomic E-state index is 12.5. The third-order valence-electron chi connectivity index (χ3n) is 4.66. The van der Waals surface area contributed by atoms with E-state index in [0.29, 0.717) is 31.7 Å². The lowest BCUT2D eigenvalue weighted by atomic mass is 10.2. The lowest BCUT2D eigenvalue weighted by molar-refractivity contribution is -0.117. The molecule has 1 saturated heterocycles. The fraction of sp³-hybridized carbons (Fsp3) is 0.444. The number of carbonyl (C=O) groups is 2. The molecule has 0 bridgehead atoms. The Morgan fingerprint density at radius 1 is 1.19 bits per heavy atom. The van der Waals surface area contributed by atoms with Gasteiger partial charge in [-0.3, -0.25) is 24.2 Å². The summed E-state index contributed by atoms with van der Waals surface area (Å²) in [6, 6.07) is 3.55. The van der Waals surface area contributed by atoms with E-state index in [-0.39, 0.29) is 11.8 Å². The molecule has 2 aromatic rings. The van der Waals surface area contributed by atoms with Gasteiger partial charge in [-0.25, -0.2) is 0 Å². The van der Waals surface area contributed by atoms with Crippen LogP contribution in [0.5, 0.6) is 0 Å². The predicted molar refractivity (Wildman–Crippen MR) is 97.8 cm³/mol. The third kappa shape index (κ3) is 4.26. The van der Waals surface area contributed by atoms with E-state index >= 15 is 0 Å². The monoisotopic (exact) mass is 356 g/mol. The van der Waals surface area contributed by atoms with Gasteiger partial charge in [0.15, 0.2) is 0 Å². The molecular formula is C18H24N6O2. The lowest BCUT2D eigenvalue weighted by Gasteiger charge is -2.21. The van der Waals surface area contributed by atoms with Crippen molar-refractivity contribution in [3.05, 3.63) is 42.0 Å². The summed E-state index contributed by atoms with van der Waals surface area (Å²) in [6.45, 7) is 4.97. The molecule has 0 aromatic carbocycles. The van der Waals surface area contributed by atoms with Crippen LogP contribution in [0.4, 0.5) is 5.69 Å². The standard InChI is InChI=1S/C18H24N6O2/c1-14-16(12-20-22(14)2)21-17(25)13-23-7-4-8-24(10-9-23)18(26)15-5-3-6-19-11-15/h3,5-6,11-12H,4,7-10,13H2,1-2H3,(H,21,25). The molecule has 3 heterocycles. The first-order valence-corrected chi connectivity index (χ1v) is 8.74. The van der Waals surface area contributed by atoms with Gasteiger partial charge in [-0.15, -0.1) is 0 Å². The highest BCUT2D eigenvalue weighted by Gasteiger charge is 2.21. The average molecular weight is 356 g/mol. The Kier molecular flexibility index (Phi) is 5.62. The van der Waals surface area contributed by atoms with Gasteiger partial charge in [-0.05, 0) is 25.5 Å². The number of pyridine rings is 1. The number of hydrogen-bond donors (Lipinski definition) is 1. The number of aryl methyl sites for hydroxylation is 1. The van der Waals surface area contributed by atoms with Gasteiger partial charge in [0.25, 0.3) is 5.91 Å². The fourth-order valence-corrected chi connectivity index (χ4v) is 3.02. The van der Waals surface area contributed by atoms with Gasteiger partial charge >= 0.3 is 0 Å². The largest absolute Gasteiger partial charge is 0.337 e. The van der Waals surface area contributed by atoms with E-state index in [1.165, 1.54) is 0 Å². The van der Waals surface area contributed by atoms with Crippen LogP contribution in [0, 0.1) is 6.92 Å². The maximum Gasteiger partial charge on any atom is 0.255 e. The van der Waals surface area contributed by atoms with Crippen LogP contribution in [0.15, 0.2) is 30.7 Å². The van der Waals surface area contributed by atoms with Crippen LogP contribution in [0.2, 0.25) is 0 Å². The second-order valence-corrected chi connectivity index (χ2v) is 6.48. The molecule has 0 saturated carbocycles. The first-order chi connectivity index (χ1) is 12.5. The topological polar surface area (TPSA) is 83.4 Å². The first kappa shape index (κ1) is 18.1. The minimum Gasteiger partial charge on any atom is -0.337 e. The zero-order chi connectivity index (χ0) is 18.5. The molecule has 0 spiro atoms. The molecule has 0 radical (unpaired) electrons. The van der Waals surface area contributed by atoms with E-state index in [1.807, 2.05) is 18.9 Å². The van der Waals surface area contributed by atoms with Crippen molar-refractivity contribution in [1.82, 2.24) is 24.6 Å². The normalized spacial score (nSPS) is 15.5. The molecule has 8 nitrogen and oxygen atoms in total. The molecule has 0 unspecified atom stereocenters. The minimum absolute atomic E-state index is 0.00427. The Morgan fingerprint density at radius 2 is 2.04 bits per heavy atom. The summed E-state index contributed by atoms with van der Waals surface area (Å²) in [5, 5.41) is 7.03. The van der Waals surface area contributed by atoms with E-state index in [0.717, 1.165) is 24.3 Å². The van der Waals surface area contributed by atoms with E-state index in [2.05, 4.69) is 20.3 Å². The quantitative estimate of drug-likeness (QED) is 0.880. The van der Waals surface area contributed by atoms with Crippen LogP contribution in [-0.2, 0) is 11.8 Å². The summed E-state index contributed by atoms with van der Waals surface area (Å²) in [4.78, 5) is 32.8. The van der Waals surface area contributed by atoms with Crippen molar-refractivity contribution < 1.29 is 9.59 Å². The van der Waals surface area contributed by atoms with E-state index in [1.54, 1.807) is 35.4 Å². The molecule has 1 aliphatic heterocycles. The van der Waals surface area contributed by atoms with E-state index in [4.69, 9.17) is 0 Å². The SMILES string of the molecule is Cc1c(NC(=O)CN2CCCN(C(=O)c3cccnc3)CC2)cnn1C. The number of carbonyl (C=O) groups excluding carboxylic acids is 2. The van der Waals surface area contributed by atoms with Gasteiger partial charge in [0.1, 0.15) is 0 Å². The molecule has 2 aromatic heterocycles. The third-order valence-corrected chi connectivity index (χ3v) is 4.66. The minimum atomic E-state index is -0.0619. The van der Waals surface area contributed by atoms with Crippen molar-refractivity contribution in [2.24, 2.45) is 7.05 Å². The lowest BCUT2D eigenvalue weighted by Crippen LogP contribution is -2.38. The summed E-state index contributed by atoms with van der Waals surface area (Å²) in [5.74, 6) is -0.0662. The Balaban J connectivity index is 1.53. The molecule has 1 aliphatic rings. The number of anilines is 1. The van der Waals surface area contributed by atoms with Gasteiger partial charge < -0.3 is 10.2 Å². The molecular weight excluding hydrogens is 332 g/mol. The second kappa shape index (κ2) is 8.09. The number of nitrogens with one attached hydrogen (secondary N) is 1. The van der Waals surface area contributed by atoms with Crippen molar-refractivity contribution in [3.8, 4) is 0 Å². The summed E-state index contributed by atoms with van der Waals surface area (Å²) >= 11 is 0. The van der Waals surface area contributed by atoms with Crippen LogP contribution < -0.4 is 5.32 Å². The van der Waals surface area contributed by atoms with Gasteiger partial charge in [0, 0.05) is 45.6 Å². The second-order valence-electron chi connectivity index (χ2n) is 6.48. The zero-order valence-corrected chi connectivity index (χ0v) is 15.2. The molecule has 3 rings (SSSR count). The molecule has 8 heteroatoms. The highest BCUT2D eigenvalue weighted by atomic mass is 16.2. The smallest absolute Gasteiger partial charge is 0.255 e. The molecule has 0 aliphatic carbocycles. The average Bonchev–Trinajstić information content (AvgIpc) is 2.85. The van der Waals surface area contributed by atoms with E-state index in [9.17, 15) is 9.59 Å². The summed E-state index contributed by atoms with van der Waals surface area (Å²) in [7, 11) is 1.84. The summed E-state index contributed by atoms with van der Waals surface area (Å²) < 4.78 is 1.73. The highest BCUT2D eigenvalue weighted by molar-refractivity contribution is 5.94. The first-order valence-electron chi connectivity index (χ1n) is 8.74. The van der Waals surface area contributed by atoms with Crippen LogP contribution in [-0.4, -0.2) is 69.1 Å². The molecule has 1 fully saturated rings. The van der Waals surface area contributed by atoms with Crippen LogP contribution in [0.3, 0.4) is 0 Å². The van der Waals surface area contributed by atoms with Crippen LogP contribution in [0.1, 0.15) is 22.5 Å². The van der Waals surface area contributed by atoms with Crippen molar-refractivity contribution >= 4 is 17.5 Å². The number of amides is 2. The Labute approximate surface area is 152 Å². The number of aromatic nitrogens is 3. The summed E-state index contributed by atoms with van der Waals surface area (Å²) in [6.07, 6.45) is 5.74. The van der Waals surface area contributed by atoms with Crippen LogP contribution in [0.25, 0.3) is 0 Å². The van der Waals surface area contributed by atoms with Crippen molar-refractivity contribution in [2.45, 2.75) is 13.3 Å². The molecule has 138 valence electrons. The van der Waals surface area contributed by atoms with Gasteiger partial charge in [0.05, 0.1) is 29.7 Å². The number of rotatable bonds is 4. The van der Waals surface area contributed by atoms with Gasteiger partial charge in [-0.2, -0.15) is 5.10 Å². The number of nitrogens with zero attached hydrogens (tertiary/aromatic N) is 5. The predicted octanol–water partition coefficient (Wildman–Crippen LogP) is 0.910. The molecule has 0 atom stereocenters. The van der Waals surface area contributed by atoms with Crippen molar-refractivity contribution in [1.29, 1.82) is 0 Å². The maximum atomic E-state index is 12.5. The van der Waals surface area contributed by atoms with E-state index < -0.39 is 0 Å². The van der Waals surface area contributed by atoms with Crippen LogP contribution >= 0.6 is 0 Å². The Hall–Kier alpha value is -2.74. The number of hydrogen-bond acceptors (Lipinski definition) is 5. The fourth-order valence-electron chi connectivity index (χ4n) is 3.02. The Morgan fingerprint density at radius 3 is 2.73 bits per heavy atom. The zero-order valence-electron chi connectivity index (χ0n) is 15.2. The highest BCUT2D eigenvalue weighted by Crippen LogP contribution is 2.13. The summed E-state index contributed by atoms with van der Waals surface area (Å²) in [5.41, 5.74) is 2.26. The van der Waals surface area contributed by atoms with Crippen molar-refractivity contribution in [3.63, 3.8) is 0 Å². The molecule has 2 amide bonds. The van der Waals surface area contributed by atoms with Crippen molar-refractivity contribution in [2.75, 3.05) is 38.0 Å².